The SMILES string of the molecule is COc1ccc(S(C)(=O)=O)cc1C(=O)N(C)CCCC(=O)O. The molecule has 0 aromatic heterocycles. The van der Waals surface area contributed by atoms with Crippen LogP contribution in [-0.4, -0.2) is 57.3 Å². The molecule has 0 heterocycles. The monoisotopic (exact) mass is 329 g/mol. The number of aliphatic carboxylic acids is 1. The molecular formula is C14H19NO6S. The number of ether oxygens (including phenoxy) is 1. The van der Waals surface area contributed by atoms with Gasteiger partial charge in [-0.05, 0) is 24.6 Å². The van der Waals surface area contributed by atoms with E-state index in [0.29, 0.717) is 6.42 Å². The highest BCUT2D eigenvalue weighted by Crippen LogP contribution is 2.23. The van der Waals surface area contributed by atoms with E-state index >= 15 is 0 Å². The minimum absolute atomic E-state index is 0.0237. The maximum Gasteiger partial charge on any atom is 0.303 e. The molecule has 0 saturated carbocycles. The highest BCUT2D eigenvalue weighted by atomic mass is 32.2. The van der Waals surface area contributed by atoms with Gasteiger partial charge >= 0.3 is 5.97 Å². The number of amides is 1. The maximum absolute atomic E-state index is 12.4. The number of carboxylic acid groups (broad SMARTS) is 1. The van der Waals surface area contributed by atoms with Crippen molar-refractivity contribution >= 4 is 21.7 Å². The van der Waals surface area contributed by atoms with Crippen LogP contribution in [0, 0.1) is 0 Å². The molecule has 0 spiro atoms. The van der Waals surface area contributed by atoms with E-state index in [1.807, 2.05) is 0 Å². The van der Waals surface area contributed by atoms with Crippen molar-refractivity contribution in [3.05, 3.63) is 23.8 Å². The van der Waals surface area contributed by atoms with E-state index < -0.39 is 21.7 Å². The van der Waals surface area contributed by atoms with Gasteiger partial charge in [0.15, 0.2) is 9.84 Å². The Morgan fingerprint density at radius 2 is 1.95 bits per heavy atom. The van der Waals surface area contributed by atoms with Gasteiger partial charge in [0.1, 0.15) is 5.75 Å². The van der Waals surface area contributed by atoms with E-state index in [1.165, 1.54) is 37.3 Å². The zero-order chi connectivity index (χ0) is 16.9. The number of hydrogen-bond acceptors (Lipinski definition) is 5. The molecule has 0 unspecified atom stereocenters. The third-order valence-electron chi connectivity index (χ3n) is 3.06. The molecule has 0 aliphatic carbocycles. The maximum atomic E-state index is 12.4. The van der Waals surface area contributed by atoms with E-state index in [9.17, 15) is 18.0 Å². The number of carboxylic acids is 1. The first-order chi connectivity index (χ1) is 10.2. The van der Waals surface area contributed by atoms with E-state index in [1.54, 1.807) is 0 Å². The summed E-state index contributed by atoms with van der Waals surface area (Å²) in [5.41, 5.74) is 0.128. The second-order valence-electron chi connectivity index (χ2n) is 4.86. The van der Waals surface area contributed by atoms with Gasteiger partial charge in [0, 0.05) is 26.3 Å². The van der Waals surface area contributed by atoms with Gasteiger partial charge in [0.25, 0.3) is 5.91 Å². The van der Waals surface area contributed by atoms with Crippen LogP contribution in [0.3, 0.4) is 0 Å². The molecule has 0 bridgehead atoms. The molecule has 8 heteroatoms. The molecule has 0 fully saturated rings. The Morgan fingerprint density at radius 3 is 2.45 bits per heavy atom. The summed E-state index contributed by atoms with van der Waals surface area (Å²) in [5.74, 6) is -1.09. The molecule has 1 N–H and O–H groups in total. The van der Waals surface area contributed by atoms with Crippen LogP contribution in [0.4, 0.5) is 0 Å². The van der Waals surface area contributed by atoms with Crippen molar-refractivity contribution in [1.82, 2.24) is 4.90 Å². The van der Waals surface area contributed by atoms with Crippen LogP contribution in [-0.2, 0) is 14.6 Å². The van der Waals surface area contributed by atoms with E-state index in [0.717, 1.165) is 6.26 Å². The summed E-state index contributed by atoms with van der Waals surface area (Å²) < 4.78 is 28.3. The first kappa shape index (κ1) is 18.0. The zero-order valence-electron chi connectivity index (χ0n) is 12.7. The molecule has 122 valence electrons. The van der Waals surface area contributed by atoms with E-state index in [-0.39, 0.29) is 29.2 Å². The van der Waals surface area contributed by atoms with Gasteiger partial charge in [-0.25, -0.2) is 8.42 Å². The number of nitrogens with zero attached hydrogens (tertiary/aromatic N) is 1. The van der Waals surface area contributed by atoms with Gasteiger partial charge in [-0.2, -0.15) is 0 Å². The lowest BCUT2D eigenvalue weighted by atomic mass is 10.1. The van der Waals surface area contributed by atoms with Gasteiger partial charge in [-0.15, -0.1) is 0 Å². The van der Waals surface area contributed by atoms with Crippen LogP contribution in [0.2, 0.25) is 0 Å². The van der Waals surface area contributed by atoms with Crippen molar-refractivity contribution in [2.45, 2.75) is 17.7 Å². The molecule has 0 radical (unpaired) electrons. The summed E-state index contributed by atoms with van der Waals surface area (Å²) in [5, 5.41) is 8.60. The molecule has 1 aromatic rings. The highest BCUT2D eigenvalue weighted by Gasteiger charge is 2.19. The van der Waals surface area contributed by atoms with Gasteiger partial charge < -0.3 is 14.7 Å². The molecule has 0 aliphatic heterocycles. The average molecular weight is 329 g/mol. The Kier molecular flexibility index (Phi) is 5.92. The lowest BCUT2D eigenvalue weighted by Crippen LogP contribution is -2.28. The lowest BCUT2D eigenvalue weighted by Gasteiger charge is -2.18. The van der Waals surface area contributed by atoms with Crippen LogP contribution in [0.25, 0.3) is 0 Å². The van der Waals surface area contributed by atoms with Crippen LogP contribution in [0.15, 0.2) is 23.1 Å². The molecule has 1 rings (SSSR count). The normalized spacial score (nSPS) is 11.0. The first-order valence-corrected chi connectivity index (χ1v) is 8.41. The Bertz CT molecular complexity index is 668. The molecule has 7 nitrogen and oxygen atoms in total. The number of rotatable bonds is 7. The predicted octanol–water partition coefficient (Wildman–Crippen LogP) is 1.04. The smallest absolute Gasteiger partial charge is 0.303 e. The fourth-order valence-electron chi connectivity index (χ4n) is 1.86. The Hall–Kier alpha value is -2.09. The summed E-state index contributed by atoms with van der Waals surface area (Å²) in [6.45, 7) is 0.247. The first-order valence-electron chi connectivity index (χ1n) is 6.52. The Labute approximate surface area is 129 Å². The van der Waals surface area contributed by atoms with Crippen molar-refractivity contribution in [3.8, 4) is 5.75 Å². The Morgan fingerprint density at radius 1 is 1.32 bits per heavy atom. The number of benzene rings is 1. The van der Waals surface area contributed by atoms with Gasteiger partial charge in [-0.3, -0.25) is 9.59 Å². The second kappa shape index (κ2) is 7.26. The lowest BCUT2D eigenvalue weighted by molar-refractivity contribution is -0.137. The third-order valence-corrected chi connectivity index (χ3v) is 4.17. The number of hydrogen-bond donors (Lipinski definition) is 1. The number of sulfone groups is 1. The quantitative estimate of drug-likeness (QED) is 0.802. The van der Waals surface area contributed by atoms with Crippen molar-refractivity contribution in [1.29, 1.82) is 0 Å². The largest absolute Gasteiger partial charge is 0.496 e. The molecule has 1 amide bonds. The summed E-state index contributed by atoms with van der Waals surface area (Å²) in [6, 6.07) is 4.06. The number of carbonyl (C=O) groups excluding carboxylic acids is 1. The van der Waals surface area contributed by atoms with Gasteiger partial charge in [0.2, 0.25) is 0 Å². The van der Waals surface area contributed by atoms with Gasteiger partial charge in [-0.1, -0.05) is 0 Å². The van der Waals surface area contributed by atoms with Crippen molar-refractivity contribution in [2.75, 3.05) is 27.0 Å². The molecule has 1 aromatic carbocycles. The molecular weight excluding hydrogens is 310 g/mol. The van der Waals surface area contributed by atoms with Crippen molar-refractivity contribution in [3.63, 3.8) is 0 Å². The fourth-order valence-corrected chi connectivity index (χ4v) is 2.51. The summed E-state index contributed by atoms with van der Waals surface area (Å²) in [6.07, 6.45) is 1.32. The topological polar surface area (TPSA) is 101 Å². The van der Waals surface area contributed by atoms with Crippen LogP contribution >= 0.6 is 0 Å². The van der Waals surface area contributed by atoms with Crippen LogP contribution in [0.5, 0.6) is 5.75 Å². The summed E-state index contributed by atoms with van der Waals surface area (Å²) in [7, 11) is -0.532. The van der Waals surface area contributed by atoms with Crippen LogP contribution in [0.1, 0.15) is 23.2 Å². The molecule has 22 heavy (non-hydrogen) atoms. The molecule has 0 aliphatic rings. The number of carbonyl (C=O) groups is 2. The standard InChI is InChI=1S/C14H19NO6S/c1-15(8-4-5-13(16)17)14(18)11-9-10(22(3,19)20)6-7-12(11)21-2/h6-7,9H,4-5,8H2,1-3H3,(H,16,17). The molecule has 0 atom stereocenters. The molecule has 0 saturated heterocycles. The average Bonchev–Trinajstić information content (AvgIpc) is 2.44. The van der Waals surface area contributed by atoms with Crippen LogP contribution < -0.4 is 4.74 Å². The summed E-state index contributed by atoms with van der Waals surface area (Å²) >= 11 is 0. The highest BCUT2D eigenvalue weighted by molar-refractivity contribution is 7.90. The van der Waals surface area contributed by atoms with Crippen molar-refractivity contribution < 1.29 is 27.9 Å². The second-order valence-corrected chi connectivity index (χ2v) is 6.87. The predicted molar refractivity (Wildman–Crippen MR) is 79.9 cm³/mol. The van der Waals surface area contributed by atoms with Crippen molar-refractivity contribution in [2.24, 2.45) is 0 Å². The minimum Gasteiger partial charge on any atom is -0.496 e. The van der Waals surface area contributed by atoms with Gasteiger partial charge in [0.05, 0.1) is 17.6 Å². The Balaban J connectivity index is 3.02. The fraction of sp³-hybridized carbons (Fsp3) is 0.429. The van der Waals surface area contributed by atoms with E-state index in [4.69, 9.17) is 9.84 Å². The minimum atomic E-state index is -3.44. The summed E-state index contributed by atoms with van der Waals surface area (Å²) in [4.78, 5) is 24.2. The van der Waals surface area contributed by atoms with E-state index in [2.05, 4.69) is 0 Å². The third kappa shape index (κ3) is 4.73. The zero-order valence-corrected chi connectivity index (χ0v) is 13.5. The number of methoxy groups -OCH3 is 1.